The molecule has 0 radical (unpaired) electrons. The second-order valence-electron chi connectivity index (χ2n) is 8.52. The first-order valence-corrected chi connectivity index (χ1v) is 10.8. The fourth-order valence-electron chi connectivity index (χ4n) is 5.08. The molecular weight excluding hydrogens is 402 g/mol. The van der Waals surface area contributed by atoms with Gasteiger partial charge in [0.2, 0.25) is 0 Å². The van der Waals surface area contributed by atoms with Crippen molar-refractivity contribution in [2.75, 3.05) is 22.5 Å². The quantitative estimate of drug-likeness (QED) is 0.425. The smallest absolute Gasteiger partial charge is 0.265 e. The van der Waals surface area contributed by atoms with Crippen molar-refractivity contribution >= 4 is 28.8 Å². The zero-order valence-corrected chi connectivity index (χ0v) is 17.8. The summed E-state index contributed by atoms with van der Waals surface area (Å²) in [5.41, 5.74) is 7.20. The summed E-state index contributed by atoms with van der Waals surface area (Å²) in [5, 5.41) is 15.1. The van der Waals surface area contributed by atoms with Crippen molar-refractivity contribution in [2.24, 2.45) is 0 Å². The van der Waals surface area contributed by atoms with Crippen molar-refractivity contribution in [2.45, 2.75) is 30.9 Å². The molecule has 2 heterocycles. The van der Waals surface area contributed by atoms with Gasteiger partial charge in [-0.15, -0.1) is 0 Å². The number of hydrogen-bond donors (Lipinski definition) is 3. The minimum Gasteiger partial charge on any atom is -0.399 e. The van der Waals surface area contributed by atoms with E-state index in [2.05, 4.69) is 5.32 Å². The van der Waals surface area contributed by atoms with Crippen LogP contribution in [0.3, 0.4) is 0 Å². The number of nitrogen functional groups attached to an aromatic ring is 1. The molecule has 2 aliphatic rings. The van der Waals surface area contributed by atoms with Gasteiger partial charge >= 0.3 is 0 Å². The van der Waals surface area contributed by atoms with Crippen molar-refractivity contribution in [3.63, 3.8) is 0 Å². The Labute approximate surface area is 186 Å². The van der Waals surface area contributed by atoms with Gasteiger partial charge in [-0.25, -0.2) is 0 Å². The van der Waals surface area contributed by atoms with Crippen molar-refractivity contribution < 1.29 is 14.7 Å². The van der Waals surface area contributed by atoms with Gasteiger partial charge in [-0.1, -0.05) is 43.3 Å². The molecule has 6 heteroatoms. The maximum Gasteiger partial charge on any atom is 0.265 e. The van der Waals surface area contributed by atoms with Gasteiger partial charge in [0.05, 0.1) is 17.6 Å². The van der Waals surface area contributed by atoms with Crippen molar-refractivity contribution in [3.8, 4) is 0 Å². The van der Waals surface area contributed by atoms with Crippen LogP contribution in [0.15, 0.2) is 72.8 Å². The van der Waals surface area contributed by atoms with E-state index in [1.54, 1.807) is 41.3 Å². The van der Waals surface area contributed by atoms with Crippen LogP contribution in [0.25, 0.3) is 0 Å². The van der Waals surface area contributed by atoms with Gasteiger partial charge < -0.3 is 16.2 Å². The number of hydrogen-bond acceptors (Lipinski definition) is 5. The minimum atomic E-state index is -1.94. The Morgan fingerprint density at radius 3 is 2.41 bits per heavy atom. The number of para-hydroxylation sites is 2. The van der Waals surface area contributed by atoms with Crippen molar-refractivity contribution in [1.82, 2.24) is 0 Å². The molecule has 3 aromatic carbocycles. The van der Waals surface area contributed by atoms with Crippen LogP contribution < -0.4 is 16.0 Å². The fourth-order valence-corrected chi connectivity index (χ4v) is 5.08. The third-order valence-electron chi connectivity index (χ3n) is 6.81. The second kappa shape index (κ2) is 7.21. The molecule has 0 aliphatic carbocycles. The third kappa shape index (κ3) is 2.76. The summed E-state index contributed by atoms with van der Waals surface area (Å²) in [5.74, 6) is -0.782. The molecule has 0 saturated heterocycles. The van der Waals surface area contributed by atoms with E-state index in [9.17, 15) is 14.7 Å². The largest absolute Gasteiger partial charge is 0.399 e. The number of fused-ring (bicyclic) bond motifs is 2. The highest BCUT2D eigenvalue weighted by atomic mass is 16.3. The molecule has 4 N–H and O–H groups in total. The summed E-state index contributed by atoms with van der Waals surface area (Å²) in [4.78, 5) is 28.7. The van der Waals surface area contributed by atoms with Crippen LogP contribution in [0.2, 0.25) is 0 Å². The third-order valence-corrected chi connectivity index (χ3v) is 6.81. The lowest BCUT2D eigenvalue weighted by Gasteiger charge is -2.39. The predicted octanol–water partition coefficient (Wildman–Crippen LogP) is 3.81. The number of rotatable bonds is 5. The van der Waals surface area contributed by atoms with Crippen LogP contribution in [0.5, 0.6) is 0 Å². The standard InChI is InChI=1S/C26H25N3O3/c1-2-25(16-28-21-9-5-3-7-19(21)25)29-22-10-6-4-8-20(22)26(32,24(29)31)15-23(30)17-11-13-18(27)14-12-17/h3-14,28,32H,2,15-16,27H2,1H3. The highest BCUT2D eigenvalue weighted by molar-refractivity contribution is 6.12. The van der Waals surface area contributed by atoms with E-state index in [4.69, 9.17) is 5.73 Å². The van der Waals surface area contributed by atoms with E-state index >= 15 is 0 Å². The Bertz CT molecular complexity index is 1220. The summed E-state index contributed by atoms with van der Waals surface area (Å²) in [6.07, 6.45) is 0.317. The summed E-state index contributed by atoms with van der Waals surface area (Å²) >= 11 is 0. The molecule has 0 aromatic heterocycles. The minimum absolute atomic E-state index is 0.312. The highest BCUT2D eigenvalue weighted by Gasteiger charge is 2.58. The van der Waals surface area contributed by atoms with E-state index in [0.717, 1.165) is 11.3 Å². The lowest BCUT2D eigenvalue weighted by atomic mass is 9.86. The predicted molar refractivity (Wildman–Crippen MR) is 125 cm³/mol. The molecule has 1 amide bonds. The average molecular weight is 428 g/mol. The first-order valence-electron chi connectivity index (χ1n) is 10.8. The zero-order chi connectivity index (χ0) is 22.5. The molecule has 2 aliphatic heterocycles. The average Bonchev–Trinajstić information content (AvgIpc) is 3.29. The number of Topliss-reactive ketones (excluding diaryl/α,β-unsaturated/α-hetero) is 1. The molecule has 3 aromatic rings. The van der Waals surface area contributed by atoms with Crippen LogP contribution in [-0.2, 0) is 15.9 Å². The molecule has 2 atom stereocenters. The van der Waals surface area contributed by atoms with Gasteiger partial charge in [0.1, 0.15) is 0 Å². The number of carbonyl (C=O) groups excluding carboxylic acids is 2. The Morgan fingerprint density at radius 2 is 1.69 bits per heavy atom. The zero-order valence-electron chi connectivity index (χ0n) is 17.8. The number of nitrogens with one attached hydrogen (secondary N) is 1. The van der Waals surface area contributed by atoms with E-state index in [-0.39, 0.29) is 12.2 Å². The molecular formula is C26H25N3O3. The number of amides is 1. The summed E-state index contributed by atoms with van der Waals surface area (Å²) in [6.45, 7) is 2.57. The van der Waals surface area contributed by atoms with Gasteiger partial charge in [-0.05, 0) is 42.8 Å². The van der Waals surface area contributed by atoms with Gasteiger partial charge in [0, 0.05) is 34.6 Å². The number of nitrogens with two attached hydrogens (primary N) is 1. The van der Waals surface area contributed by atoms with E-state index < -0.39 is 17.0 Å². The van der Waals surface area contributed by atoms with Gasteiger partial charge in [0.15, 0.2) is 11.4 Å². The molecule has 0 bridgehead atoms. The second-order valence-corrected chi connectivity index (χ2v) is 8.52. The van der Waals surface area contributed by atoms with Crippen LogP contribution in [-0.4, -0.2) is 23.3 Å². The van der Waals surface area contributed by atoms with Crippen LogP contribution in [0, 0.1) is 0 Å². The van der Waals surface area contributed by atoms with Crippen molar-refractivity contribution in [1.29, 1.82) is 0 Å². The van der Waals surface area contributed by atoms with Crippen molar-refractivity contribution in [3.05, 3.63) is 89.5 Å². The number of carbonyl (C=O) groups is 2. The molecule has 162 valence electrons. The lowest BCUT2D eigenvalue weighted by Crippen LogP contribution is -2.53. The van der Waals surface area contributed by atoms with Crippen LogP contribution in [0.1, 0.15) is 41.3 Å². The maximum absolute atomic E-state index is 13.9. The topological polar surface area (TPSA) is 95.7 Å². The monoisotopic (exact) mass is 427 g/mol. The van der Waals surface area contributed by atoms with Gasteiger partial charge in [-0.3, -0.25) is 14.5 Å². The number of anilines is 3. The molecule has 0 spiro atoms. The highest BCUT2D eigenvalue weighted by Crippen LogP contribution is 2.52. The van der Waals surface area contributed by atoms with E-state index in [1.807, 2.05) is 43.3 Å². The molecule has 6 nitrogen and oxygen atoms in total. The number of ketones is 1. The SMILES string of the molecule is CCC1(N2C(=O)C(O)(CC(=O)c3ccc(N)cc3)c3ccccc32)CNc2ccccc21. The molecule has 0 fully saturated rings. The Balaban J connectivity index is 1.60. The van der Waals surface area contributed by atoms with E-state index in [1.165, 1.54) is 0 Å². The first-order chi connectivity index (χ1) is 15.4. The normalized spacial score (nSPS) is 23.6. The summed E-state index contributed by atoms with van der Waals surface area (Å²) in [7, 11) is 0. The Kier molecular flexibility index (Phi) is 4.57. The molecule has 5 rings (SSSR count). The lowest BCUT2D eigenvalue weighted by molar-refractivity contribution is -0.137. The Hall–Kier alpha value is -3.64. The maximum atomic E-state index is 13.9. The molecule has 2 unspecified atom stereocenters. The molecule has 32 heavy (non-hydrogen) atoms. The number of aliphatic hydroxyl groups is 1. The summed E-state index contributed by atoms with van der Waals surface area (Å²) < 4.78 is 0. The summed E-state index contributed by atoms with van der Waals surface area (Å²) in [6, 6.07) is 21.7. The Morgan fingerprint density at radius 1 is 1.03 bits per heavy atom. The van der Waals surface area contributed by atoms with Crippen LogP contribution in [0.4, 0.5) is 17.1 Å². The fraction of sp³-hybridized carbons (Fsp3) is 0.231. The van der Waals surface area contributed by atoms with E-state index in [0.29, 0.717) is 35.5 Å². The first kappa shape index (κ1) is 20.3. The number of benzene rings is 3. The van der Waals surface area contributed by atoms with Crippen LogP contribution >= 0.6 is 0 Å². The molecule has 0 saturated carbocycles. The van der Waals surface area contributed by atoms with Gasteiger partial charge in [0.25, 0.3) is 5.91 Å². The number of nitrogens with zero attached hydrogens (tertiary/aromatic N) is 1. The van der Waals surface area contributed by atoms with Gasteiger partial charge in [-0.2, -0.15) is 0 Å².